The summed E-state index contributed by atoms with van der Waals surface area (Å²) in [5, 5.41) is 2.85. The molecule has 1 N–H and O–H groups in total. The van der Waals surface area contributed by atoms with Crippen LogP contribution in [0.3, 0.4) is 0 Å². The van der Waals surface area contributed by atoms with Crippen LogP contribution in [0.4, 0.5) is 5.69 Å². The Bertz CT molecular complexity index is 829. The lowest BCUT2D eigenvalue weighted by molar-refractivity contribution is 0.0725. The van der Waals surface area contributed by atoms with E-state index in [0.29, 0.717) is 28.3 Å². The zero-order valence-electron chi connectivity index (χ0n) is 15.7. The van der Waals surface area contributed by atoms with Gasteiger partial charge in [-0.1, -0.05) is 12.1 Å². The number of hydrogen-bond donors (Lipinski definition) is 1. The van der Waals surface area contributed by atoms with E-state index < -0.39 is 0 Å². The van der Waals surface area contributed by atoms with E-state index in [-0.39, 0.29) is 11.8 Å². The van der Waals surface area contributed by atoms with E-state index in [1.165, 1.54) is 7.11 Å². The highest BCUT2D eigenvalue weighted by molar-refractivity contribution is 6.09. The summed E-state index contributed by atoms with van der Waals surface area (Å²) < 4.78 is 10.5. The zero-order chi connectivity index (χ0) is 19.2. The van der Waals surface area contributed by atoms with E-state index in [4.69, 9.17) is 9.47 Å². The smallest absolute Gasteiger partial charge is 0.255 e. The molecule has 27 heavy (non-hydrogen) atoms. The molecule has 1 heterocycles. The highest BCUT2D eigenvalue weighted by Gasteiger charge is 2.21. The Morgan fingerprint density at radius 3 is 2.33 bits per heavy atom. The molecule has 2 aromatic carbocycles. The normalized spacial score (nSPS) is 13.8. The molecule has 142 valence electrons. The maximum atomic E-state index is 12.9. The summed E-state index contributed by atoms with van der Waals surface area (Å²) in [7, 11) is 3.06. The van der Waals surface area contributed by atoms with Crippen LogP contribution in [0, 0.1) is 0 Å². The molecule has 0 radical (unpaired) electrons. The Morgan fingerprint density at radius 1 is 0.926 bits per heavy atom. The number of anilines is 1. The lowest BCUT2D eigenvalue weighted by Gasteiger charge is -2.27. The monoisotopic (exact) mass is 368 g/mol. The molecule has 0 saturated carbocycles. The predicted octanol–water partition coefficient (Wildman–Crippen LogP) is 3.58. The van der Waals surface area contributed by atoms with Crippen molar-refractivity contribution in [2.45, 2.75) is 19.3 Å². The molecule has 6 nitrogen and oxygen atoms in total. The van der Waals surface area contributed by atoms with Crippen molar-refractivity contribution in [1.82, 2.24) is 4.90 Å². The van der Waals surface area contributed by atoms with Gasteiger partial charge < -0.3 is 19.7 Å². The topological polar surface area (TPSA) is 67.9 Å². The van der Waals surface area contributed by atoms with Gasteiger partial charge in [-0.25, -0.2) is 0 Å². The number of rotatable bonds is 5. The van der Waals surface area contributed by atoms with Crippen molar-refractivity contribution < 1.29 is 19.1 Å². The predicted molar refractivity (Wildman–Crippen MR) is 104 cm³/mol. The zero-order valence-corrected chi connectivity index (χ0v) is 15.7. The highest BCUT2D eigenvalue weighted by atomic mass is 16.5. The van der Waals surface area contributed by atoms with E-state index in [1.807, 2.05) is 11.0 Å². The first-order valence-corrected chi connectivity index (χ1v) is 9.05. The summed E-state index contributed by atoms with van der Waals surface area (Å²) in [6.07, 6.45) is 3.19. The highest BCUT2D eigenvalue weighted by Crippen LogP contribution is 2.28. The second-order valence-corrected chi connectivity index (χ2v) is 6.42. The summed E-state index contributed by atoms with van der Waals surface area (Å²) in [6, 6.07) is 12.1. The summed E-state index contributed by atoms with van der Waals surface area (Å²) in [5.41, 5.74) is 1.44. The Kier molecular flexibility index (Phi) is 5.96. The second kappa shape index (κ2) is 8.58. The van der Waals surface area contributed by atoms with Crippen LogP contribution in [0.25, 0.3) is 0 Å². The molecule has 2 aromatic rings. The Hall–Kier alpha value is -3.02. The first-order valence-electron chi connectivity index (χ1n) is 9.05. The maximum Gasteiger partial charge on any atom is 0.255 e. The maximum absolute atomic E-state index is 12.9. The van der Waals surface area contributed by atoms with E-state index in [0.717, 1.165) is 32.4 Å². The van der Waals surface area contributed by atoms with Crippen molar-refractivity contribution >= 4 is 17.5 Å². The van der Waals surface area contributed by atoms with Crippen molar-refractivity contribution in [2.24, 2.45) is 0 Å². The lowest BCUT2D eigenvalue weighted by Crippen LogP contribution is -2.36. The number of para-hydroxylation sites is 1. The van der Waals surface area contributed by atoms with Crippen molar-refractivity contribution in [2.75, 3.05) is 32.6 Å². The fraction of sp³-hybridized carbons (Fsp3) is 0.333. The molecule has 1 saturated heterocycles. The van der Waals surface area contributed by atoms with Gasteiger partial charge in [-0.3, -0.25) is 9.59 Å². The van der Waals surface area contributed by atoms with E-state index >= 15 is 0 Å². The first-order chi connectivity index (χ1) is 13.1. The fourth-order valence-corrected chi connectivity index (χ4v) is 3.22. The van der Waals surface area contributed by atoms with Gasteiger partial charge in [-0.2, -0.15) is 0 Å². The molecule has 0 aromatic heterocycles. The second-order valence-electron chi connectivity index (χ2n) is 6.42. The summed E-state index contributed by atoms with van der Waals surface area (Å²) in [5.74, 6) is 0.672. The molecular formula is C21H24N2O4. The van der Waals surface area contributed by atoms with Crippen molar-refractivity contribution in [3.8, 4) is 11.5 Å². The van der Waals surface area contributed by atoms with Gasteiger partial charge in [-0.15, -0.1) is 0 Å². The molecule has 2 amide bonds. The number of benzene rings is 2. The van der Waals surface area contributed by atoms with Crippen molar-refractivity contribution in [3.63, 3.8) is 0 Å². The number of ether oxygens (including phenoxy) is 2. The Balaban J connectivity index is 1.81. The molecule has 6 heteroatoms. The average molecular weight is 368 g/mol. The Morgan fingerprint density at radius 2 is 1.63 bits per heavy atom. The molecule has 1 fully saturated rings. The van der Waals surface area contributed by atoms with Crippen LogP contribution in [0.2, 0.25) is 0 Å². The third-order valence-electron chi connectivity index (χ3n) is 4.69. The van der Waals surface area contributed by atoms with Gasteiger partial charge in [0.2, 0.25) is 0 Å². The molecule has 0 spiro atoms. The third-order valence-corrected chi connectivity index (χ3v) is 4.69. The molecule has 0 bridgehead atoms. The number of methoxy groups -OCH3 is 2. The minimum absolute atomic E-state index is 0.0436. The van der Waals surface area contributed by atoms with Gasteiger partial charge in [0.15, 0.2) is 11.5 Å². The van der Waals surface area contributed by atoms with Crippen molar-refractivity contribution in [1.29, 1.82) is 0 Å². The minimum Gasteiger partial charge on any atom is -0.493 e. The molecule has 0 unspecified atom stereocenters. The van der Waals surface area contributed by atoms with Crippen LogP contribution in [-0.4, -0.2) is 44.0 Å². The van der Waals surface area contributed by atoms with Gasteiger partial charge in [0.1, 0.15) is 0 Å². The quantitative estimate of drug-likeness (QED) is 0.876. The molecule has 0 aliphatic carbocycles. The van der Waals surface area contributed by atoms with Crippen LogP contribution in [0.5, 0.6) is 11.5 Å². The summed E-state index contributed by atoms with van der Waals surface area (Å²) in [6.45, 7) is 1.52. The third kappa shape index (κ3) is 4.22. The van der Waals surface area contributed by atoms with Gasteiger partial charge in [0.05, 0.1) is 25.5 Å². The SMILES string of the molecule is COc1ccc(C(=O)Nc2ccccc2C(=O)N2CCCCC2)cc1OC. The van der Waals surface area contributed by atoms with E-state index in [9.17, 15) is 9.59 Å². The van der Waals surface area contributed by atoms with Gasteiger partial charge in [0, 0.05) is 18.7 Å². The number of hydrogen-bond acceptors (Lipinski definition) is 4. The molecule has 3 rings (SSSR count). The van der Waals surface area contributed by atoms with Crippen LogP contribution >= 0.6 is 0 Å². The largest absolute Gasteiger partial charge is 0.493 e. The number of likely N-dealkylation sites (tertiary alicyclic amines) is 1. The number of nitrogens with one attached hydrogen (secondary N) is 1. The van der Waals surface area contributed by atoms with Crippen LogP contribution in [-0.2, 0) is 0 Å². The van der Waals surface area contributed by atoms with Crippen LogP contribution < -0.4 is 14.8 Å². The van der Waals surface area contributed by atoms with Crippen LogP contribution in [0.1, 0.15) is 40.0 Å². The van der Waals surface area contributed by atoms with Crippen LogP contribution in [0.15, 0.2) is 42.5 Å². The number of amides is 2. The van der Waals surface area contributed by atoms with E-state index in [2.05, 4.69) is 5.32 Å². The van der Waals surface area contributed by atoms with Gasteiger partial charge in [-0.05, 0) is 49.6 Å². The Labute approximate surface area is 159 Å². The lowest BCUT2D eigenvalue weighted by atomic mass is 10.1. The van der Waals surface area contributed by atoms with Gasteiger partial charge >= 0.3 is 0 Å². The molecular weight excluding hydrogens is 344 g/mol. The average Bonchev–Trinajstić information content (AvgIpc) is 2.73. The number of carbonyl (C=O) groups is 2. The number of piperidine rings is 1. The summed E-state index contributed by atoms with van der Waals surface area (Å²) >= 11 is 0. The first kappa shape index (κ1) is 18.8. The molecule has 1 aliphatic rings. The number of nitrogens with zero attached hydrogens (tertiary/aromatic N) is 1. The van der Waals surface area contributed by atoms with Gasteiger partial charge in [0.25, 0.3) is 11.8 Å². The number of carbonyl (C=O) groups excluding carboxylic acids is 2. The fourth-order valence-electron chi connectivity index (χ4n) is 3.22. The van der Waals surface area contributed by atoms with E-state index in [1.54, 1.807) is 43.5 Å². The molecule has 0 atom stereocenters. The standard InChI is InChI=1S/C21H24N2O4/c1-26-18-11-10-15(14-19(18)27-2)20(24)22-17-9-5-4-8-16(17)21(25)23-12-6-3-7-13-23/h4-5,8-11,14H,3,6-7,12-13H2,1-2H3,(H,22,24). The minimum atomic E-state index is -0.310. The summed E-state index contributed by atoms with van der Waals surface area (Å²) in [4.78, 5) is 27.4. The molecule has 1 aliphatic heterocycles. The van der Waals surface area contributed by atoms with Crippen molar-refractivity contribution in [3.05, 3.63) is 53.6 Å².